The van der Waals surface area contributed by atoms with Crippen LogP contribution in [0.3, 0.4) is 0 Å². The van der Waals surface area contributed by atoms with Crippen molar-refractivity contribution in [1.29, 1.82) is 0 Å². The third-order valence-electron chi connectivity index (χ3n) is 4.21. The Morgan fingerprint density at radius 1 is 1.08 bits per heavy atom. The Kier molecular flexibility index (Phi) is 3.90. The summed E-state index contributed by atoms with van der Waals surface area (Å²) >= 11 is 0. The van der Waals surface area contributed by atoms with Crippen molar-refractivity contribution >= 4 is 18.1 Å². The van der Waals surface area contributed by atoms with Crippen LogP contribution >= 0.6 is 0 Å². The van der Waals surface area contributed by atoms with Crippen molar-refractivity contribution in [3.63, 3.8) is 0 Å². The van der Waals surface area contributed by atoms with Crippen LogP contribution < -0.4 is 5.32 Å². The van der Waals surface area contributed by atoms with Gasteiger partial charge in [0.1, 0.15) is 5.82 Å². The lowest BCUT2D eigenvalue weighted by Gasteiger charge is -2.10. The number of aromatic amines is 1. The first-order chi connectivity index (χ1) is 12.2. The summed E-state index contributed by atoms with van der Waals surface area (Å²) in [4.78, 5) is 19.6. The second-order valence-corrected chi connectivity index (χ2v) is 5.94. The van der Waals surface area contributed by atoms with E-state index in [1.54, 1.807) is 18.3 Å². The van der Waals surface area contributed by atoms with Gasteiger partial charge in [0.05, 0.1) is 11.3 Å². The third kappa shape index (κ3) is 3.21. The van der Waals surface area contributed by atoms with Crippen molar-refractivity contribution in [2.45, 2.75) is 6.42 Å². The quantitative estimate of drug-likeness (QED) is 0.768. The first kappa shape index (κ1) is 15.3. The minimum Gasteiger partial charge on any atom is -0.358 e. The van der Waals surface area contributed by atoms with Crippen LogP contribution in [0.5, 0.6) is 0 Å². The van der Waals surface area contributed by atoms with Crippen LogP contribution in [0.15, 0.2) is 48.7 Å². The van der Waals surface area contributed by atoms with Gasteiger partial charge in [-0.05, 0) is 42.0 Å². The standard InChI is InChI=1S/C20H16FN3O/c21-15-4-1-13(2-5-15)3-6-16-11-14(7-9-22-16)19-12-17-18(24-19)8-10-23-20(17)25/h1-7,9,11-12,24H,8,10H2,(H,23,25)/b6-3+. The van der Waals surface area contributed by atoms with E-state index >= 15 is 0 Å². The predicted molar refractivity (Wildman–Crippen MR) is 95.4 cm³/mol. The molecule has 2 N–H and O–H groups in total. The molecule has 0 spiro atoms. The fraction of sp³-hybridized carbons (Fsp3) is 0.100. The number of hydrogen-bond acceptors (Lipinski definition) is 2. The fourth-order valence-corrected chi connectivity index (χ4v) is 2.91. The molecule has 0 fully saturated rings. The first-order valence-electron chi connectivity index (χ1n) is 8.09. The lowest BCUT2D eigenvalue weighted by Crippen LogP contribution is -2.31. The molecule has 1 aliphatic heterocycles. The van der Waals surface area contributed by atoms with Gasteiger partial charge in [0, 0.05) is 36.1 Å². The maximum atomic E-state index is 12.9. The predicted octanol–water partition coefficient (Wildman–Crippen LogP) is 3.67. The van der Waals surface area contributed by atoms with Gasteiger partial charge in [-0.15, -0.1) is 0 Å². The summed E-state index contributed by atoms with van der Waals surface area (Å²) in [5.74, 6) is -0.286. The Balaban J connectivity index is 1.61. The number of fused-ring (bicyclic) bond motifs is 1. The van der Waals surface area contributed by atoms with Crippen LogP contribution in [0.4, 0.5) is 4.39 Å². The van der Waals surface area contributed by atoms with Crippen LogP contribution in [-0.2, 0) is 6.42 Å². The lowest BCUT2D eigenvalue weighted by atomic mass is 10.1. The van der Waals surface area contributed by atoms with E-state index in [0.717, 1.165) is 34.6 Å². The van der Waals surface area contributed by atoms with E-state index in [0.29, 0.717) is 12.1 Å². The molecule has 1 aromatic carbocycles. The molecule has 5 heteroatoms. The number of aromatic nitrogens is 2. The fourth-order valence-electron chi connectivity index (χ4n) is 2.91. The zero-order chi connectivity index (χ0) is 17.2. The van der Waals surface area contributed by atoms with Gasteiger partial charge in [0.15, 0.2) is 0 Å². The molecule has 3 aromatic rings. The summed E-state index contributed by atoms with van der Waals surface area (Å²) in [6.45, 7) is 0.661. The van der Waals surface area contributed by atoms with Gasteiger partial charge in [-0.25, -0.2) is 4.39 Å². The Morgan fingerprint density at radius 3 is 2.72 bits per heavy atom. The Bertz CT molecular complexity index is 957. The number of carbonyl (C=O) groups is 1. The molecule has 3 heterocycles. The molecule has 0 saturated heterocycles. The van der Waals surface area contributed by atoms with Crippen LogP contribution in [-0.4, -0.2) is 22.4 Å². The smallest absolute Gasteiger partial charge is 0.253 e. The van der Waals surface area contributed by atoms with Crippen molar-refractivity contribution in [2.24, 2.45) is 0 Å². The van der Waals surface area contributed by atoms with E-state index in [1.165, 1.54) is 12.1 Å². The Labute approximate surface area is 144 Å². The van der Waals surface area contributed by atoms with Crippen molar-refractivity contribution in [1.82, 2.24) is 15.3 Å². The van der Waals surface area contributed by atoms with Crippen molar-refractivity contribution in [3.8, 4) is 11.3 Å². The van der Waals surface area contributed by atoms with Crippen LogP contribution in [0.2, 0.25) is 0 Å². The minimum atomic E-state index is -0.253. The average molecular weight is 333 g/mol. The van der Waals surface area contributed by atoms with Gasteiger partial charge in [0.25, 0.3) is 5.91 Å². The molecular formula is C20H16FN3O. The van der Waals surface area contributed by atoms with Gasteiger partial charge in [-0.1, -0.05) is 18.2 Å². The zero-order valence-corrected chi connectivity index (χ0v) is 13.4. The van der Waals surface area contributed by atoms with Crippen LogP contribution in [0, 0.1) is 5.82 Å². The molecule has 25 heavy (non-hydrogen) atoms. The molecule has 1 aliphatic rings. The third-order valence-corrected chi connectivity index (χ3v) is 4.21. The molecule has 0 saturated carbocycles. The molecule has 4 nitrogen and oxygen atoms in total. The van der Waals surface area contributed by atoms with Gasteiger partial charge in [-0.2, -0.15) is 0 Å². The summed E-state index contributed by atoms with van der Waals surface area (Å²) in [5, 5.41) is 2.85. The second kappa shape index (κ2) is 6.36. The maximum Gasteiger partial charge on any atom is 0.253 e. The number of hydrogen-bond donors (Lipinski definition) is 2. The van der Waals surface area contributed by atoms with E-state index in [-0.39, 0.29) is 11.7 Å². The van der Waals surface area contributed by atoms with Gasteiger partial charge in [-0.3, -0.25) is 9.78 Å². The van der Waals surface area contributed by atoms with Gasteiger partial charge < -0.3 is 10.3 Å². The average Bonchev–Trinajstić information content (AvgIpc) is 3.07. The highest BCUT2D eigenvalue weighted by Gasteiger charge is 2.19. The summed E-state index contributed by atoms with van der Waals surface area (Å²) in [7, 11) is 0. The van der Waals surface area contributed by atoms with Crippen LogP contribution in [0.25, 0.3) is 23.4 Å². The molecule has 2 aromatic heterocycles. The van der Waals surface area contributed by atoms with Crippen molar-refractivity contribution < 1.29 is 9.18 Å². The van der Waals surface area contributed by atoms with Gasteiger partial charge in [0.2, 0.25) is 0 Å². The van der Waals surface area contributed by atoms with E-state index in [4.69, 9.17) is 0 Å². The molecule has 1 amide bonds. The number of H-pyrrole nitrogens is 1. The molecule has 4 rings (SSSR count). The molecule has 0 bridgehead atoms. The summed E-state index contributed by atoms with van der Waals surface area (Å²) in [6, 6.07) is 12.0. The van der Waals surface area contributed by atoms with E-state index in [9.17, 15) is 9.18 Å². The first-order valence-corrected chi connectivity index (χ1v) is 8.09. The highest BCUT2D eigenvalue weighted by Crippen LogP contribution is 2.24. The molecular weight excluding hydrogens is 317 g/mol. The second-order valence-electron chi connectivity index (χ2n) is 5.94. The maximum absolute atomic E-state index is 12.9. The van der Waals surface area contributed by atoms with E-state index in [2.05, 4.69) is 15.3 Å². The number of halogens is 1. The number of nitrogens with zero attached hydrogens (tertiary/aromatic N) is 1. The topological polar surface area (TPSA) is 57.8 Å². The largest absolute Gasteiger partial charge is 0.358 e. The zero-order valence-electron chi connectivity index (χ0n) is 13.4. The molecule has 0 unspecified atom stereocenters. The normalized spacial score (nSPS) is 13.7. The summed E-state index contributed by atoms with van der Waals surface area (Å²) < 4.78 is 12.9. The lowest BCUT2D eigenvalue weighted by molar-refractivity contribution is 0.0946. The van der Waals surface area contributed by atoms with Crippen LogP contribution in [0.1, 0.15) is 27.3 Å². The summed E-state index contributed by atoms with van der Waals surface area (Å²) in [6.07, 6.45) is 6.31. The number of pyridine rings is 1. The van der Waals surface area contributed by atoms with Crippen molar-refractivity contribution in [2.75, 3.05) is 6.54 Å². The summed E-state index contributed by atoms with van der Waals surface area (Å²) in [5.41, 5.74) is 5.25. The molecule has 124 valence electrons. The number of benzene rings is 1. The molecule has 0 aliphatic carbocycles. The van der Waals surface area contributed by atoms with Gasteiger partial charge >= 0.3 is 0 Å². The molecule has 0 atom stereocenters. The minimum absolute atomic E-state index is 0.0331. The number of rotatable bonds is 3. The SMILES string of the molecule is O=C1NCCc2[nH]c(-c3ccnc(/C=C/c4ccc(F)cc4)c3)cc21. The highest BCUT2D eigenvalue weighted by molar-refractivity contribution is 5.97. The Morgan fingerprint density at radius 2 is 1.92 bits per heavy atom. The Hall–Kier alpha value is -3.21. The van der Waals surface area contributed by atoms with E-state index in [1.807, 2.05) is 30.4 Å². The van der Waals surface area contributed by atoms with E-state index < -0.39 is 0 Å². The number of amides is 1. The monoisotopic (exact) mass is 333 g/mol. The number of nitrogens with one attached hydrogen (secondary N) is 2. The molecule has 0 radical (unpaired) electrons. The highest BCUT2D eigenvalue weighted by atomic mass is 19.1. The van der Waals surface area contributed by atoms with Crippen molar-refractivity contribution in [3.05, 3.63) is 77.0 Å². The number of carbonyl (C=O) groups excluding carboxylic acids is 1.